The van der Waals surface area contributed by atoms with Crippen LogP contribution in [0.25, 0.3) is 0 Å². The molecule has 2 amide bonds. The van der Waals surface area contributed by atoms with Crippen LogP contribution in [0.3, 0.4) is 0 Å². The molecule has 1 saturated carbocycles. The van der Waals surface area contributed by atoms with Gasteiger partial charge in [-0.1, -0.05) is 29.8 Å². The van der Waals surface area contributed by atoms with Gasteiger partial charge < -0.3 is 10.6 Å². The Labute approximate surface area is 158 Å². The lowest BCUT2D eigenvalue weighted by atomic mass is 10.2. The average Bonchev–Trinajstić information content (AvgIpc) is 3.48. The summed E-state index contributed by atoms with van der Waals surface area (Å²) in [5.41, 5.74) is 3.03. The predicted octanol–water partition coefficient (Wildman–Crippen LogP) is 4.14. The molecule has 3 rings (SSSR count). The maximum Gasteiger partial charge on any atom is 0.233 e. The molecule has 1 atom stereocenters. The van der Waals surface area contributed by atoms with E-state index in [9.17, 15) is 9.59 Å². The van der Waals surface area contributed by atoms with Gasteiger partial charge in [-0.15, -0.1) is 11.8 Å². The van der Waals surface area contributed by atoms with Crippen LogP contribution in [-0.2, 0) is 16.1 Å². The molecule has 2 N–H and O–H groups in total. The first-order chi connectivity index (χ1) is 12.5. The molecule has 0 aromatic heterocycles. The van der Waals surface area contributed by atoms with Crippen molar-refractivity contribution in [3.05, 3.63) is 59.7 Å². The van der Waals surface area contributed by atoms with E-state index < -0.39 is 0 Å². The predicted molar refractivity (Wildman–Crippen MR) is 106 cm³/mol. The Bertz CT molecular complexity index is 768. The molecule has 136 valence electrons. The number of carbonyl (C=O) groups is 2. The van der Waals surface area contributed by atoms with Gasteiger partial charge in [-0.25, -0.2) is 0 Å². The first-order valence-corrected chi connectivity index (χ1v) is 9.80. The molecule has 5 heteroatoms. The second-order valence-electron chi connectivity index (χ2n) is 6.75. The third-order valence-corrected chi connectivity index (χ3v) is 5.45. The van der Waals surface area contributed by atoms with Crippen molar-refractivity contribution in [3.63, 3.8) is 0 Å². The number of amides is 2. The summed E-state index contributed by atoms with van der Waals surface area (Å²) in [6.45, 7) is 4.44. The van der Waals surface area contributed by atoms with E-state index in [2.05, 4.69) is 22.8 Å². The molecule has 2 aromatic rings. The van der Waals surface area contributed by atoms with Crippen molar-refractivity contribution in [3.8, 4) is 0 Å². The third kappa shape index (κ3) is 5.36. The number of anilines is 1. The summed E-state index contributed by atoms with van der Waals surface area (Å²) in [4.78, 5) is 25.1. The molecule has 26 heavy (non-hydrogen) atoms. The van der Waals surface area contributed by atoms with Gasteiger partial charge >= 0.3 is 0 Å². The van der Waals surface area contributed by atoms with E-state index in [1.165, 1.54) is 5.56 Å². The zero-order valence-electron chi connectivity index (χ0n) is 15.1. The van der Waals surface area contributed by atoms with Gasteiger partial charge in [0.15, 0.2) is 0 Å². The number of hydrogen-bond acceptors (Lipinski definition) is 3. The maximum atomic E-state index is 12.3. The Balaban J connectivity index is 1.45. The van der Waals surface area contributed by atoms with Crippen molar-refractivity contribution in [2.75, 3.05) is 5.32 Å². The van der Waals surface area contributed by atoms with Gasteiger partial charge in [-0.05, 0) is 56.5 Å². The molecule has 0 unspecified atom stereocenters. The molecule has 1 aliphatic rings. The monoisotopic (exact) mass is 368 g/mol. The van der Waals surface area contributed by atoms with Crippen molar-refractivity contribution >= 4 is 29.3 Å². The summed E-state index contributed by atoms with van der Waals surface area (Å²) in [6.07, 6.45) is 1.99. The first-order valence-electron chi connectivity index (χ1n) is 8.92. The van der Waals surface area contributed by atoms with Crippen LogP contribution in [0.1, 0.15) is 30.9 Å². The number of thioether (sulfide) groups is 1. The van der Waals surface area contributed by atoms with E-state index >= 15 is 0 Å². The average molecular weight is 369 g/mol. The lowest BCUT2D eigenvalue weighted by Gasteiger charge is -2.12. The summed E-state index contributed by atoms with van der Waals surface area (Å²) in [5, 5.41) is 5.73. The standard InChI is InChI=1S/C21H24N2O2S/c1-14-3-11-19(12-4-14)26-15(2)20(24)22-13-16-5-9-18(10-6-16)23-21(25)17-7-8-17/h3-6,9-12,15,17H,7-8,13H2,1-2H3,(H,22,24)(H,23,25)/t15-/m0/s1. The van der Waals surface area contributed by atoms with Gasteiger partial charge in [-0.3, -0.25) is 9.59 Å². The summed E-state index contributed by atoms with van der Waals surface area (Å²) >= 11 is 1.55. The zero-order chi connectivity index (χ0) is 18.5. The highest BCUT2D eigenvalue weighted by molar-refractivity contribution is 8.00. The number of benzene rings is 2. The minimum Gasteiger partial charge on any atom is -0.351 e. The molecule has 0 saturated heterocycles. The summed E-state index contributed by atoms with van der Waals surface area (Å²) in [5.74, 6) is 0.316. The SMILES string of the molecule is Cc1ccc(S[C@@H](C)C(=O)NCc2ccc(NC(=O)C3CC3)cc2)cc1. The fourth-order valence-electron chi connectivity index (χ4n) is 2.50. The lowest BCUT2D eigenvalue weighted by molar-refractivity contribution is -0.120. The molecule has 1 aliphatic carbocycles. The Morgan fingerprint density at radius 1 is 1.08 bits per heavy atom. The van der Waals surface area contributed by atoms with Crippen molar-refractivity contribution in [2.45, 2.75) is 43.4 Å². The summed E-state index contributed by atoms with van der Waals surface area (Å²) < 4.78 is 0. The largest absolute Gasteiger partial charge is 0.351 e. The molecule has 0 aliphatic heterocycles. The zero-order valence-corrected chi connectivity index (χ0v) is 15.9. The van der Waals surface area contributed by atoms with Crippen LogP contribution in [-0.4, -0.2) is 17.1 Å². The topological polar surface area (TPSA) is 58.2 Å². The number of rotatable bonds is 7. The van der Waals surface area contributed by atoms with Crippen molar-refractivity contribution in [1.82, 2.24) is 5.32 Å². The second-order valence-corrected chi connectivity index (χ2v) is 8.17. The van der Waals surface area contributed by atoms with Crippen molar-refractivity contribution < 1.29 is 9.59 Å². The molecule has 0 radical (unpaired) electrons. The number of carbonyl (C=O) groups excluding carboxylic acids is 2. The quantitative estimate of drug-likeness (QED) is 0.722. The van der Waals surface area contributed by atoms with E-state index in [0.29, 0.717) is 6.54 Å². The maximum absolute atomic E-state index is 12.3. The molecule has 4 nitrogen and oxygen atoms in total. The van der Waals surface area contributed by atoms with E-state index in [1.54, 1.807) is 11.8 Å². The molecule has 1 fully saturated rings. The highest BCUT2D eigenvalue weighted by atomic mass is 32.2. The van der Waals surface area contributed by atoms with E-state index in [-0.39, 0.29) is 23.0 Å². The highest BCUT2D eigenvalue weighted by Crippen LogP contribution is 2.30. The number of hydrogen-bond donors (Lipinski definition) is 2. The molecular formula is C21H24N2O2S. The van der Waals surface area contributed by atoms with Gasteiger partial charge in [0.05, 0.1) is 5.25 Å². The number of aryl methyl sites for hydroxylation is 1. The van der Waals surface area contributed by atoms with Crippen LogP contribution >= 0.6 is 11.8 Å². The molecule has 0 bridgehead atoms. The van der Waals surface area contributed by atoms with Gasteiger partial charge in [-0.2, -0.15) is 0 Å². The Kier molecular flexibility index (Phi) is 5.99. The van der Waals surface area contributed by atoms with Crippen LogP contribution in [0.4, 0.5) is 5.69 Å². The van der Waals surface area contributed by atoms with Crippen molar-refractivity contribution in [2.24, 2.45) is 5.92 Å². The third-order valence-electron chi connectivity index (χ3n) is 4.34. The highest BCUT2D eigenvalue weighted by Gasteiger charge is 2.29. The van der Waals surface area contributed by atoms with Crippen LogP contribution < -0.4 is 10.6 Å². The van der Waals surface area contributed by atoms with Crippen LogP contribution in [0.2, 0.25) is 0 Å². The lowest BCUT2D eigenvalue weighted by Crippen LogP contribution is -2.30. The van der Waals surface area contributed by atoms with Crippen LogP contribution in [0.5, 0.6) is 0 Å². The summed E-state index contributed by atoms with van der Waals surface area (Å²) in [7, 11) is 0. The smallest absolute Gasteiger partial charge is 0.233 e. The minimum atomic E-state index is -0.158. The molecule has 0 heterocycles. The van der Waals surface area contributed by atoms with Crippen molar-refractivity contribution in [1.29, 1.82) is 0 Å². The van der Waals surface area contributed by atoms with Crippen LogP contribution in [0, 0.1) is 12.8 Å². The number of nitrogens with one attached hydrogen (secondary N) is 2. The van der Waals surface area contributed by atoms with E-state index in [1.807, 2.05) is 50.2 Å². The minimum absolute atomic E-state index is 0.0155. The Morgan fingerprint density at radius 2 is 1.73 bits per heavy atom. The normalized spacial score (nSPS) is 14.5. The fraction of sp³-hybridized carbons (Fsp3) is 0.333. The molecular weight excluding hydrogens is 344 g/mol. The van der Waals surface area contributed by atoms with Crippen LogP contribution in [0.15, 0.2) is 53.4 Å². The van der Waals surface area contributed by atoms with E-state index in [0.717, 1.165) is 29.0 Å². The van der Waals surface area contributed by atoms with Gasteiger partial charge in [0.2, 0.25) is 11.8 Å². The summed E-state index contributed by atoms with van der Waals surface area (Å²) in [6, 6.07) is 15.8. The molecule has 0 spiro atoms. The van der Waals surface area contributed by atoms with Gasteiger partial charge in [0.1, 0.15) is 0 Å². The Hall–Kier alpha value is -2.27. The molecule has 2 aromatic carbocycles. The fourth-order valence-corrected chi connectivity index (χ4v) is 3.39. The second kappa shape index (κ2) is 8.41. The Morgan fingerprint density at radius 3 is 2.35 bits per heavy atom. The van der Waals surface area contributed by atoms with Gasteiger partial charge in [0.25, 0.3) is 0 Å². The first kappa shape index (κ1) is 18.5. The van der Waals surface area contributed by atoms with Gasteiger partial charge in [0, 0.05) is 23.0 Å². The van der Waals surface area contributed by atoms with E-state index in [4.69, 9.17) is 0 Å².